The Labute approximate surface area is 104 Å². The molecule has 0 amide bonds. The Bertz CT molecular complexity index is 256. The largest absolute Gasteiger partial charge is 0.313 e. The molecular formula is C14H25NS. The van der Waals surface area contributed by atoms with E-state index in [1.165, 1.54) is 37.7 Å². The summed E-state index contributed by atoms with van der Waals surface area (Å²) < 4.78 is 0. The third-order valence-corrected chi connectivity index (χ3v) is 4.11. The van der Waals surface area contributed by atoms with Crippen molar-refractivity contribution >= 4 is 11.3 Å². The van der Waals surface area contributed by atoms with E-state index in [1.807, 2.05) is 0 Å². The Morgan fingerprint density at radius 1 is 1.38 bits per heavy atom. The van der Waals surface area contributed by atoms with Gasteiger partial charge in [0, 0.05) is 6.04 Å². The summed E-state index contributed by atoms with van der Waals surface area (Å²) in [6, 6.07) is 2.80. The van der Waals surface area contributed by atoms with Crippen LogP contribution in [0, 0.1) is 5.92 Å². The van der Waals surface area contributed by atoms with Crippen LogP contribution < -0.4 is 5.32 Å². The summed E-state index contributed by atoms with van der Waals surface area (Å²) in [7, 11) is 2.08. The molecule has 2 heteroatoms. The van der Waals surface area contributed by atoms with Crippen molar-refractivity contribution in [3.8, 4) is 0 Å². The first-order valence-electron chi connectivity index (χ1n) is 6.51. The highest BCUT2D eigenvalue weighted by Crippen LogP contribution is 2.27. The van der Waals surface area contributed by atoms with Gasteiger partial charge in [-0.25, -0.2) is 0 Å². The van der Waals surface area contributed by atoms with E-state index in [-0.39, 0.29) is 0 Å². The summed E-state index contributed by atoms with van der Waals surface area (Å²) in [4.78, 5) is 0. The van der Waals surface area contributed by atoms with Crippen LogP contribution in [-0.4, -0.2) is 7.05 Å². The Balaban J connectivity index is 2.47. The van der Waals surface area contributed by atoms with Crippen LogP contribution >= 0.6 is 11.3 Å². The summed E-state index contributed by atoms with van der Waals surface area (Å²) in [5.41, 5.74) is 1.46. The molecule has 0 aromatic carbocycles. The van der Waals surface area contributed by atoms with Gasteiger partial charge in [-0.05, 0) is 41.8 Å². The van der Waals surface area contributed by atoms with Crippen molar-refractivity contribution in [2.45, 2.75) is 52.0 Å². The van der Waals surface area contributed by atoms with Gasteiger partial charge in [0.05, 0.1) is 0 Å². The van der Waals surface area contributed by atoms with Crippen LogP contribution in [0.5, 0.6) is 0 Å². The van der Waals surface area contributed by atoms with Gasteiger partial charge in [0.1, 0.15) is 0 Å². The Hall–Kier alpha value is -0.340. The van der Waals surface area contributed by atoms with Crippen molar-refractivity contribution in [1.29, 1.82) is 0 Å². The normalized spacial score (nSPS) is 14.9. The van der Waals surface area contributed by atoms with Gasteiger partial charge in [-0.15, -0.1) is 0 Å². The Kier molecular flexibility index (Phi) is 6.74. The smallest absolute Gasteiger partial charge is 0.0328 e. The quantitative estimate of drug-likeness (QED) is 0.698. The van der Waals surface area contributed by atoms with Gasteiger partial charge in [-0.1, -0.05) is 39.5 Å². The van der Waals surface area contributed by atoms with Gasteiger partial charge < -0.3 is 5.32 Å². The van der Waals surface area contributed by atoms with Crippen molar-refractivity contribution in [3.05, 3.63) is 22.4 Å². The lowest BCUT2D eigenvalue weighted by Crippen LogP contribution is -2.19. The van der Waals surface area contributed by atoms with Crippen molar-refractivity contribution in [1.82, 2.24) is 5.32 Å². The third-order valence-electron chi connectivity index (χ3n) is 3.41. The van der Waals surface area contributed by atoms with E-state index < -0.39 is 0 Å². The van der Waals surface area contributed by atoms with Gasteiger partial charge in [-0.3, -0.25) is 0 Å². The van der Waals surface area contributed by atoms with Crippen LogP contribution in [0.3, 0.4) is 0 Å². The van der Waals surface area contributed by atoms with Gasteiger partial charge in [-0.2, -0.15) is 11.3 Å². The maximum atomic E-state index is 3.45. The number of hydrogen-bond donors (Lipinski definition) is 1. The van der Waals surface area contributed by atoms with Crippen molar-refractivity contribution < 1.29 is 0 Å². The van der Waals surface area contributed by atoms with Gasteiger partial charge in [0.25, 0.3) is 0 Å². The second-order valence-electron chi connectivity index (χ2n) is 4.55. The zero-order chi connectivity index (χ0) is 11.8. The van der Waals surface area contributed by atoms with E-state index >= 15 is 0 Å². The standard InChI is InChI=1S/C14H25NS/c1-4-6-7-12(5-2)10-14(15-3)13-8-9-16-11-13/h8-9,11-12,14-15H,4-7,10H2,1-3H3. The summed E-state index contributed by atoms with van der Waals surface area (Å²) in [5.74, 6) is 0.872. The first-order valence-corrected chi connectivity index (χ1v) is 7.45. The van der Waals surface area contributed by atoms with Gasteiger partial charge in [0.15, 0.2) is 0 Å². The molecule has 2 unspecified atom stereocenters. The predicted molar refractivity (Wildman–Crippen MR) is 74.0 cm³/mol. The van der Waals surface area contributed by atoms with E-state index in [2.05, 4.69) is 43.0 Å². The molecule has 92 valence electrons. The van der Waals surface area contributed by atoms with Crippen LogP contribution in [0.25, 0.3) is 0 Å². The van der Waals surface area contributed by atoms with E-state index in [0.29, 0.717) is 6.04 Å². The molecule has 2 atom stereocenters. The molecule has 1 aromatic rings. The monoisotopic (exact) mass is 239 g/mol. The number of hydrogen-bond acceptors (Lipinski definition) is 2. The molecule has 16 heavy (non-hydrogen) atoms. The Morgan fingerprint density at radius 3 is 2.69 bits per heavy atom. The summed E-state index contributed by atoms with van der Waals surface area (Å²) in [6.07, 6.45) is 6.67. The van der Waals surface area contributed by atoms with Gasteiger partial charge >= 0.3 is 0 Å². The fourth-order valence-electron chi connectivity index (χ4n) is 2.21. The maximum absolute atomic E-state index is 3.45. The molecule has 1 heterocycles. The number of thiophene rings is 1. The zero-order valence-corrected chi connectivity index (χ0v) is 11.6. The molecule has 1 N–H and O–H groups in total. The third kappa shape index (κ3) is 4.26. The molecule has 0 saturated heterocycles. The van der Waals surface area contributed by atoms with E-state index in [4.69, 9.17) is 0 Å². The van der Waals surface area contributed by atoms with Crippen LogP contribution in [0.4, 0.5) is 0 Å². The molecule has 0 aliphatic heterocycles. The molecule has 1 rings (SSSR count). The second kappa shape index (κ2) is 7.86. The van der Waals surface area contributed by atoms with E-state index in [9.17, 15) is 0 Å². The molecule has 1 aromatic heterocycles. The molecule has 0 spiro atoms. The molecule has 1 nitrogen and oxygen atoms in total. The minimum Gasteiger partial charge on any atom is -0.313 e. The average molecular weight is 239 g/mol. The second-order valence-corrected chi connectivity index (χ2v) is 5.33. The lowest BCUT2D eigenvalue weighted by atomic mass is 9.90. The molecule has 0 aliphatic rings. The molecular weight excluding hydrogens is 214 g/mol. The van der Waals surface area contributed by atoms with Gasteiger partial charge in [0.2, 0.25) is 0 Å². The molecule has 0 saturated carbocycles. The topological polar surface area (TPSA) is 12.0 Å². The first-order chi connectivity index (χ1) is 7.81. The summed E-state index contributed by atoms with van der Waals surface area (Å²) >= 11 is 1.80. The average Bonchev–Trinajstić information content (AvgIpc) is 2.83. The zero-order valence-electron chi connectivity index (χ0n) is 10.8. The van der Waals surface area contributed by atoms with Crippen LogP contribution in [0.1, 0.15) is 57.6 Å². The Morgan fingerprint density at radius 2 is 2.19 bits per heavy atom. The van der Waals surface area contributed by atoms with E-state index in [1.54, 1.807) is 11.3 Å². The number of unbranched alkanes of at least 4 members (excludes halogenated alkanes) is 1. The fourth-order valence-corrected chi connectivity index (χ4v) is 2.92. The minimum absolute atomic E-state index is 0.549. The maximum Gasteiger partial charge on any atom is 0.0328 e. The highest BCUT2D eigenvalue weighted by molar-refractivity contribution is 7.07. The molecule has 0 fully saturated rings. The predicted octanol–water partition coefficient (Wildman–Crippen LogP) is 4.62. The minimum atomic E-state index is 0.549. The lowest BCUT2D eigenvalue weighted by Gasteiger charge is -2.21. The number of nitrogens with one attached hydrogen (secondary N) is 1. The number of rotatable bonds is 8. The molecule has 0 bridgehead atoms. The van der Waals surface area contributed by atoms with Crippen LogP contribution in [0.15, 0.2) is 16.8 Å². The van der Waals surface area contributed by atoms with Crippen LogP contribution in [0.2, 0.25) is 0 Å². The van der Waals surface area contributed by atoms with Crippen molar-refractivity contribution in [2.24, 2.45) is 5.92 Å². The molecule has 0 radical (unpaired) electrons. The van der Waals surface area contributed by atoms with Crippen molar-refractivity contribution in [3.63, 3.8) is 0 Å². The highest BCUT2D eigenvalue weighted by atomic mass is 32.1. The SMILES string of the molecule is CCCCC(CC)CC(NC)c1ccsc1. The van der Waals surface area contributed by atoms with E-state index in [0.717, 1.165) is 5.92 Å². The fraction of sp³-hybridized carbons (Fsp3) is 0.714. The molecule has 0 aliphatic carbocycles. The summed E-state index contributed by atoms with van der Waals surface area (Å²) in [6.45, 7) is 4.60. The van der Waals surface area contributed by atoms with Crippen molar-refractivity contribution in [2.75, 3.05) is 7.05 Å². The first kappa shape index (κ1) is 13.7. The highest BCUT2D eigenvalue weighted by Gasteiger charge is 2.15. The van der Waals surface area contributed by atoms with Crippen LogP contribution in [-0.2, 0) is 0 Å². The lowest BCUT2D eigenvalue weighted by molar-refractivity contribution is 0.365. The summed E-state index contributed by atoms with van der Waals surface area (Å²) in [5, 5.41) is 7.90.